The van der Waals surface area contributed by atoms with Crippen molar-refractivity contribution in [3.8, 4) is 5.69 Å². The van der Waals surface area contributed by atoms with Crippen LogP contribution in [0, 0.1) is 0 Å². The number of anilines is 2. The number of ether oxygens (including phenoxy) is 1. The lowest BCUT2D eigenvalue weighted by Crippen LogP contribution is -2.36. The Labute approximate surface area is 210 Å². The van der Waals surface area contributed by atoms with Crippen molar-refractivity contribution >= 4 is 28.7 Å². The summed E-state index contributed by atoms with van der Waals surface area (Å²) in [7, 11) is 0. The topological polar surface area (TPSA) is 45.6 Å². The summed E-state index contributed by atoms with van der Waals surface area (Å²) in [5, 5.41) is 4.26. The molecule has 2 aromatic carbocycles. The fraction of sp³-hybridized carbons (Fsp3) is 0.214. The summed E-state index contributed by atoms with van der Waals surface area (Å²) in [5.41, 5.74) is 5.55. The first-order valence-electron chi connectivity index (χ1n) is 11.9. The van der Waals surface area contributed by atoms with Gasteiger partial charge >= 0.3 is 0 Å². The Morgan fingerprint density at radius 2 is 1.57 bits per heavy atom. The van der Waals surface area contributed by atoms with Crippen molar-refractivity contribution in [2.45, 2.75) is 12.1 Å². The summed E-state index contributed by atoms with van der Waals surface area (Å²) >= 11 is 5.89. The van der Waals surface area contributed by atoms with Crippen LogP contribution in [0.15, 0.2) is 97.5 Å². The van der Waals surface area contributed by atoms with E-state index in [-0.39, 0.29) is 12.1 Å². The van der Waals surface area contributed by atoms with Gasteiger partial charge < -0.3 is 24.4 Å². The molecule has 2 aliphatic rings. The van der Waals surface area contributed by atoms with Gasteiger partial charge in [0, 0.05) is 48.7 Å². The van der Waals surface area contributed by atoms with Gasteiger partial charge in [0.15, 0.2) is 5.11 Å². The third-order valence-corrected chi connectivity index (χ3v) is 7.03. The highest BCUT2D eigenvalue weighted by atomic mass is 32.1. The third-order valence-electron chi connectivity index (χ3n) is 6.71. The van der Waals surface area contributed by atoms with Gasteiger partial charge in [0.1, 0.15) is 0 Å². The highest BCUT2D eigenvalue weighted by molar-refractivity contribution is 7.80. The number of morpholine rings is 1. The van der Waals surface area contributed by atoms with Crippen molar-refractivity contribution in [1.29, 1.82) is 0 Å². The Hall–Kier alpha value is -3.68. The minimum absolute atomic E-state index is 0.0309. The molecule has 0 saturated carbocycles. The van der Waals surface area contributed by atoms with Gasteiger partial charge in [-0.2, -0.15) is 0 Å². The van der Waals surface area contributed by atoms with Gasteiger partial charge in [0.25, 0.3) is 0 Å². The largest absolute Gasteiger partial charge is 0.378 e. The maximum Gasteiger partial charge on any atom is 0.174 e. The number of aromatic nitrogens is 2. The predicted molar refractivity (Wildman–Crippen MR) is 143 cm³/mol. The van der Waals surface area contributed by atoms with Crippen LogP contribution in [-0.2, 0) is 4.74 Å². The van der Waals surface area contributed by atoms with E-state index >= 15 is 0 Å². The molecule has 4 aromatic rings. The van der Waals surface area contributed by atoms with Crippen LogP contribution in [0.5, 0.6) is 0 Å². The van der Waals surface area contributed by atoms with Crippen LogP contribution in [0.25, 0.3) is 5.69 Å². The number of rotatable bonds is 5. The maximum absolute atomic E-state index is 5.89. The first-order valence-corrected chi connectivity index (χ1v) is 12.4. The molecule has 4 heterocycles. The molecule has 2 atom stereocenters. The van der Waals surface area contributed by atoms with Gasteiger partial charge in [0.2, 0.25) is 0 Å². The first kappa shape index (κ1) is 21.8. The van der Waals surface area contributed by atoms with E-state index < -0.39 is 0 Å². The van der Waals surface area contributed by atoms with E-state index in [0.717, 1.165) is 43.4 Å². The zero-order valence-corrected chi connectivity index (χ0v) is 20.1. The van der Waals surface area contributed by atoms with Crippen LogP contribution in [0.3, 0.4) is 0 Å². The second-order valence-electron chi connectivity index (χ2n) is 8.80. The van der Waals surface area contributed by atoms with Crippen LogP contribution in [-0.4, -0.2) is 41.0 Å². The Kier molecular flexibility index (Phi) is 5.94. The fourth-order valence-corrected chi connectivity index (χ4v) is 5.31. The number of para-hydroxylation sites is 1. The molecule has 2 saturated heterocycles. The van der Waals surface area contributed by atoms with Gasteiger partial charge in [-0.25, -0.2) is 0 Å². The molecular formula is C28H27N5OS. The van der Waals surface area contributed by atoms with Crippen LogP contribution in [0.1, 0.15) is 23.3 Å². The molecule has 0 radical (unpaired) electrons. The Balaban J connectivity index is 1.37. The Morgan fingerprint density at radius 1 is 0.829 bits per heavy atom. The summed E-state index contributed by atoms with van der Waals surface area (Å²) in [5.74, 6) is 0. The van der Waals surface area contributed by atoms with Crippen molar-refractivity contribution in [1.82, 2.24) is 14.9 Å². The van der Waals surface area contributed by atoms with Crippen LogP contribution < -0.4 is 15.1 Å². The number of benzene rings is 2. The summed E-state index contributed by atoms with van der Waals surface area (Å²) < 4.78 is 7.67. The van der Waals surface area contributed by atoms with Gasteiger partial charge in [-0.1, -0.05) is 24.3 Å². The van der Waals surface area contributed by atoms with Crippen molar-refractivity contribution in [2.75, 3.05) is 36.1 Å². The molecule has 2 aliphatic heterocycles. The van der Waals surface area contributed by atoms with Gasteiger partial charge in [-0.15, -0.1) is 0 Å². The molecule has 0 bridgehead atoms. The van der Waals surface area contributed by atoms with Crippen LogP contribution >= 0.6 is 12.2 Å². The molecule has 0 spiro atoms. The number of pyridine rings is 1. The third kappa shape index (κ3) is 4.29. The van der Waals surface area contributed by atoms with Crippen LogP contribution in [0.2, 0.25) is 0 Å². The molecule has 6 rings (SSSR count). The average Bonchev–Trinajstić information content (AvgIpc) is 3.55. The number of nitrogens with one attached hydrogen (secondary N) is 1. The Morgan fingerprint density at radius 3 is 2.31 bits per heavy atom. The average molecular weight is 482 g/mol. The summed E-state index contributed by atoms with van der Waals surface area (Å²) in [6.07, 6.45) is 6.15. The summed E-state index contributed by atoms with van der Waals surface area (Å²) in [4.78, 5) is 9.25. The molecule has 7 heteroatoms. The second-order valence-corrected chi connectivity index (χ2v) is 9.19. The highest BCUT2D eigenvalue weighted by Gasteiger charge is 2.41. The molecule has 0 unspecified atom stereocenters. The van der Waals surface area contributed by atoms with Crippen molar-refractivity contribution in [2.24, 2.45) is 0 Å². The molecule has 0 aliphatic carbocycles. The van der Waals surface area contributed by atoms with Crippen molar-refractivity contribution in [3.63, 3.8) is 0 Å². The van der Waals surface area contributed by atoms with E-state index in [1.165, 1.54) is 11.3 Å². The predicted octanol–water partition coefficient (Wildman–Crippen LogP) is 4.89. The number of nitrogens with zero attached hydrogens (tertiary/aromatic N) is 4. The van der Waals surface area contributed by atoms with E-state index in [1.54, 1.807) is 0 Å². The minimum atomic E-state index is -0.0609. The SMILES string of the molecule is S=C1N[C@@H](c2ccccn2)[C@H](c2ccn(-c3ccccc3)c2)N1c1ccc(N2CCOCC2)cc1. The smallest absolute Gasteiger partial charge is 0.174 e. The lowest BCUT2D eigenvalue weighted by molar-refractivity contribution is 0.122. The number of thiocarbonyl (C=S) groups is 1. The van der Waals surface area contributed by atoms with E-state index in [9.17, 15) is 0 Å². The molecule has 176 valence electrons. The monoisotopic (exact) mass is 481 g/mol. The molecule has 0 amide bonds. The van der Waals surface area contributed by atoms with Gasteiger partial charge in [-0.05, 0) is 72.4 Å². The minimum Gasteiger partial charge on any atom is -0.378 e. The lowest BCUT2D eigenvalue weighted by atomic mass is 9.98. The number of hydrogen-bond donors (Lipinski definition) is 1. The second kappa shape index (κ2) is 9.52. The molecular weight excluding hydrogens is 454 g/mol. The van der Waals surface area contributed by atoms with Gasteiger partial charge in [-0.3, -0.25) is 4.98 Å². The standard InChI is InChI=1S/C28H27N5OS/c35-28-30-26(25-8-4-5-14-29-25)27(21-13-15-32(20-21)22-6-2-1-3-7-22)33(28)24-11-9-23(10-12-24)31-16-18-34-19-17-31/h1-15,20,26-27H,16-19H2,(H,30,35)/t26-,27-/m0/s1. The van der Waals surface area contributed by atoms with E-state index in [4.69, 9.17) is 17.0 Å². The number of hydrogen-bond acceptors (Lipinski definition) is 4. The highest BCUT2D eigenvalue weighted by Crippen LogP contribution is 2.42. The van der Waals surface area contributed by atoms with Crippen molar-refractivity contribution in [3.05, 3.63) is 109 Å². The van der Waals surface area contributed by atoms with Crippen LogP contribution in [0.4, 0.5) is 11.4 Å². The summed E-state index contributed by atoms with van der Waals surface area (Å²) in [6, 6.07) is 27.2. The Bertz CT molecular complexity index is 1290. The molecule has 2 aromatic heterocycles. The van der Waals surface area contributed by atoms with E-state index in [1.807, 2.05) is 24.4 Å². The van der Waals surface area contributed by atoms with Crippen molar-refractivity contribution < 1.29 is 4.74 Å². The quantitative estimate of drug-likeness (QED) is 0.410. The van der Waals surface area contributed by atoms with E-state index in [0.29, 0.717) is 5.11 Å². The molecule has 1 N–H and O–H groups in total. The maximum atomic E-state index is 5.89. The fourth-order valence-electron chi connectivity index (χ4n) is 4.97. The normalized spacial score (nSPS) is 20.2. The molecule has 6 nitrogen and oxygen atoms in total. The zero-order valence-electron chi connectivity index (χ0n) is 19.3. The summed E-state index contributed by atoms with van der Waals surface area (Å²) in [6.45, 7) is 3.38. The zero-order chi connectivity index (χ0) is 23.6. The first-order chi connectivity index (χ1) is 17.3. The lowest BCUT2D eigenvalue weighted by Gasteiger charge is -2.30. The van der Waals surface area contributed by atoms with Gasteiger partial charge in [0.05, 0.1) is 31.0 Å². The molecule has 2 fully saturated rings. The van der Waals surface area contributed by atoms with E-state index in [2.05, 4.69) is 97.7 Å². The molecule has 35 heavy (non-hydrogen) atoms.